The molecule has 220 valence electrons. The standard InChI is InChI=1S/C30H35Cl2N3O5S/c1-5-28(30(37)33-21(3)4)34(19-22-12-13-23(31)18-27(22)32)29(36)20-35(24-10-8-7-9-11-24)41(38,39)26-16-14-25(15-17-26)40-6-2/h7-18,21,28H,5-6,19-20H2,1-4H3,(H,33,37)/t28-/m0/s1. The van der Waals surface area contributed by atoms with Crippen molar-refractivity contribution in [2.24, 2.45) is 0 Å². The van der Waals surface area contributed by atoms with Crippen LogP contribution in [0.5, 0.6) is 5.75 Å². The number of carbonyl (C=O) groups is 2. The van der Waals surface area contributed by atoms with Gasteiger partial charge in [-0.05, 0) is 81.3 Å². The third kappa shape index (κ3) is 8.38. The zero-order valence-electron chi connectivity index (χ0n) is 23.5. The van der Waals surface area contributed by atoms with Crippen molar-refractivity contribution in [1.29, 1.82) is 0 Å². The summed E-state index contributed by atoms with van der Waals surface area (Å²) in [6.07, 6.45) is 0.298. The molecule has 0 aromatic heterocycles. The van der Waals surface area contributed by atoms with Gasteiger partial charge in [0.15, 0.2) is 0 Å². The molecule has 0 spiro atoms. The third-order valence-corrected chi connectivity index (χ3v) is 8.59. The van der Waals surface area contributed by atoms with E-state index in [-0.39, 0.29) is 23.4 Å². The predicted octanol–water partition coefficient (Wildman–Crippen LogP) is 5.92. The molecule has 1 atom stereocenters. The second kappa shape index (κ2) is 14.6. The summed E-state index contributed by atoms with van der Waals surface area (Å²) in [6, 6.07) is 18.2. The Morgan fingerprint density at radius 1 is 0.951 bits per heavy atom. The van der Waals surface area contributed by atoms with Gasteiger partial charge < -0.3 is 15.0 Å². The number of benzene rings is 3. The quantitative estimate of drug-likeness (QED) is 0.256. The van der Waals surface area contributed by atoms with E-state index >= 15 is 0 Å². The highest BCUT2D eigenvalue weighted by Crippen LogP contribution is 2.27. The molecule has 0 aliphatic rings. The molecule has 0 radical (unpaired) electrons. The molecular weight excluding hydrogens is 585 g/mol. The number of sulfonamides is 1. The number of nitrogens with one attached hydrogen (secondary N) is 1. The fourth-order valence-electron chi connectivity index (χ4n) is 4.26. The highest BCUT2D eigenvalue weighted by Gasteiger charge is 2.34. The van der Waals surface area contributed by atoms with E-state index in [2.05, 4.69) is 5.32 Å². The Morgan fingerprint density at radius 2 is 1.61 bits per heavy atom. The molecule has 3 rings (SSSR count). The number of anilines is 1. The molecule has 3 aromatic rings. The van der Waals surface area contributed by atoms with Crippen LogP contribution in [0, 0.1) is 0 Å². The monoisotopic (exact) mass is 619 g/mol. The fraction of sp³-hybridized carbons (Fsp3) is 0.333. The summed E-state index contributed by atoms with van der Waals surface area (Å²) < 4.78 is 34.4. The van der Waals surface area contributed by atoms with Crippen LogP contribution in [-0.2, 0) is 26.2 Å². The first-order valence-electron chi connectivity index (χ1n) is 13.3. The van der Waals surface area contributed by atoms with Gasteiger partial charge in [-0.2, -0.15) is 0 Å². The van der Waals surface area contributed by atoms with E-state index in [9.17, 15) is 18.0 Å². The second-order valence-electron chi connectivity index (χ2n) is 9.60. The van der Waals surface area contributed by atoms with Gasteiger partial charge in [0.2, 0.25) is 11.8 Å². The number of hydrogen-bond acceptors (Lipinski definition) is 5. The van der Waals surface area contributed by atoms with E-state index in [1.54, 1.807) is 67.6 Å². The molecule has 1 N–H and O–H groups in total. The van der Waals surface area contributed by atoms with Gasteiger partial charge in [-0.15, -0.1) is 0 Å². The third-order valence-electron chi connectivity index (χ3n) is 6.22. The number of ether oxygens (including phenoxy) is 1. The molecule has 0 aliphatic carbocycles. The second-order valence-corrected chi connectivity index (χ2v) is 12.3. The molecule has 0 unspecified atom stereocenters. The summed E-state index contributed by atoms with van der Waals surface area (Å²) in [5, 5.41) is 3.62. The Morgan fingerprint density at radius 3 is 2.17 bits per heavy atom. The molecule has 3 aromatic carbocycles. The van der Waals surface area contributed by atoms with Gasteiger partial charge in [0.1, 0.15) is 18.3 Å². The van der Waals surface area contributed by atoms with Crippen LogP contribution in [0.2, 0.25) is 10.0 Å². The molecule has 0 fully saturated rings. The van der Waals surface area contributed by atoms with Crippen molar-refractivity contribution in [3.63, 3.8) is 0 Å². The zero-order chi connectivity index (χ0) is 30.2. The Bertz CT molecular complexity index is 1430. The first-order chi connectivity index (χ1) is 19.5. The van der Waals surface area contributed by atoms with Gasteiger partial charge >= 0.3 is 0 Å². The maximum atomic E-state index is 14.1. The average Bonchev–Trinajstić information content (AvgIpc) is 2.93. The predicted molar refractivity (Wildman–Crippen MR) is 163 cm³/mol. The molecule has 11 heteroatoms. The molecule has 41 heavy (non-hydrogen) atoms. The molecule has 8 nitrogen and oxygen atoms in total. The minimum absolute atomic E-state index is 0.00510. The number of nitrogens with zero attached hydrogens (tertiary/aromatic N) is 2. The van der Waals surface area contributed by atoms with Crippen LogP contribution < -0.4 is 14.4 Å². The number of carbonyl (C=O) groups excluding carboxylic acids is 2. The Balaban J connectivity index is 2.05. The van der Waals surface area contributed by atoms with E-state index in [0.29, 0.717) is 40.1 Å². The summed E-state index contributed by atoms with van der Waals surface area (Å²) in [5.41, 5.74) is 0.875. The summed E-state index contributed by atoms with van der Waals surface area (Å²) in [6.45, 7) is 7.15. The van der Waals surface area contributed by atoms with Gasteiger partial charge in [0.05, 0.1) is 17.2 Å². The summed E-state index contributed by atoms with van der Waals surface area (Å²) in [5.74, 6) is -0.386. The van der Waals surface area contributed by atoms with Crippen molar-refractivity contribution in [2.45, 2.75) is 57.6 Å². The molecule has 0 saturated carbocycles. The maximum absolute atomic E-state index is 14.1. The van der Waals surface area contributed by atoms with Crippen molar-refractivity contribution in [3.05, 3.63) is 88.4 Å². The van der Waals surface area contributed by atoms with E-state index < -0.39 is 28.5 Å². The van der Waals surface area contributed by atoms with Crippen LogP contribution in [-0.4, -0.2) is 50.4 Å². The van der Waals surface area contributed by atoms with Crippen molar-refractivity contribution < 1.29 is 22.7 Å². The largest absolute Gasteiger partial charge is 0.494 e. The van der Waals surface area contributed by atoms with E-state index in [1.165, 1.54) is 17.0 Å². The van der Waals surface area contributed by atoms with Crippen LogP contribution in [0.15, 0.2) is 77.7 Å². The van der Waals surface area contributed by atoms with Gasteiger partial charge in [0, 0.05) is 22.6 Å². The lowest BCUT2D eigenvalue weighted by Crippen LogP contribution is -2.53. The van der Waals surface area contributed by atoms with E-state index in [0.717, 1.165) is 4.31 Å². The first-order valence-corrected chi connectivity index (χ1v) is 15.5. The number of para-hydroxylation sites is 1. The molecule has 2 amide bonds. The lowest BCUT2D eigenvalue weighted by Gasteiger charge is -2.33. The number of hydrogen-bond donors (Lipinski definition) is 1. The number of amides is 2. The molecule has 0 heterocycles. The average molecular weight is 621 g/mol. The van der Waals surface area contributed by atoms with Crippen molar-refractivity contribution in [1.82, 2.24) is 10.2 Å². The highest BCUT2D eigenvalue weighted by molar-refractivity contribution is 7.92. The van der Waals surface area contributed by atoms with Gasteiger partial charge in [-0.3, -0.25) is 13.9 Å². The van der Waals surface area contributed by atoms with Crippen molar-refractivity contribution >= 4 is 50.7 Å². The topological polar surface area (TPSA) is 96.0 Å². The number of rotatable bonds is 13. The highest BCUT2D eigenvalue weighted by atomic mass is 35.5. The van der Waals surface area contributed by atoms with E-state index in [4.69, 9.17) is 27.9 Å². The summed E-state index contributed by atoms with van der Waals surface area (Å²) in [7, 11) is -4.19. The molecule has 0 bridgehead atoms. The van der Waals surface area contributed by atoms with Crippen LogP contribution >= 0.6 is 23.2 Å². The van der Waals surface area contributed by atoms with Gasteiger partial charge in [0.25, 0.3) is 10.0 Å². The minimum Gasteiger partial charge on any atom is -0.494 e. The van der Waals surface area contributed by atoms with Gasteiger partial charge in [-0.25, -0.2) is 8.42 Å². The first kappa shape index (κ1) is 32.2. The lowest BCUT2D eigenvalue weighted by atomic mass is 10.1. The van der Waals surface area contributed by atoms with Crippen LogP contribution in [0.1, 0.15) is 39.7 Å². The Hall–Kier alpha value is -3.27. The smallest absolute Gasteiger partial charge is 0.264 e. The minimum atomic E-state index is -4.19. The molecular formula is C30H35Cl2N3O5S. The van der Waals surface area contributed by atoms with Crippen LogP contribution in [0.25, 0.3) is 0 Å². The van der Waals surface area contributed by atoms with Crippen LogP contribution in [0.4, 0.5) is 5.69 Å². The maximum Gasteiger partial charge on any atom is 0.264 e. The molecule has 0 aliphatic heterocycles. The Kier molecular flexibility index (Phi) is 11.5. The van der Waals surface area contributed by atoms with Crippen molar-refractivity contribution in [2.75, 3.05) is 17.5 Å². The fourth-order valence-corrected chi connectivity index (χ4v) is 6.14. The SMILES string of the molecule is CCOc1ccc(S(=O)(=O)N(CC(=O)N(Cc2ccc(Cl)cc2Cl)[C@@H](CC)C(=O)NC(C)C)c2ccccc2)cc1. The zero-order valence-corrected chi connectivity index (χ0v) is 25.8. The van der Waals surface area contributed by atoms with Gasteiger partial charge in [-0.1, -0.05) is 54.4 Å². The molecule has 0 saturated heterocycles. The van der Waals surface area contributed by atoms with Crippen LogP contribution in [0.3, 0.4) is 0 Å². The summed E-state index contributed by atoms with van der Waals surface area (Å²) >= 11 is 12.5. The normalized spacial score (nSPS) is 12.1. The Labute approximate surface area is 252 Å². The lowest BCUT2D eigenvalue weighted by molar-refractivity contribution is -0.140. The van der Waals surface area contributed by atoms with Crippen molar-refractivity contribution in [3.8, 4) is 5.75 Å². The summed E-state index contributed by atoms with van der Waals surface area (Å²) in [4.78, 5) is 28.7. The van der Waals surface area contributed by atoms with E-state index in [1.807, 2.05) is 20.8 Å². The number of halogens is 2.